The van der Waals surface area contributed by atoms with Gasteiger partial charge in [0.25, 0.3) is 0 Å². The van der Waals surface area contributed by atoms with Crippen LogP contribution in [0.4, 0.5) is 0 Å². The van der Waals surface area contributed by atoms with E-state index in [9.17, 15) is 4.79 Å². The molecule has 1 amide bonds. The van der Waals surface area contributed by atoms with Gasteiger partial charge in [-0.05, 0) is 6.42 Å². The molecule has 0 aromatic carbocycles. The molecule has 0 fully saturated rings. The third-order valence-corrected chi connectivity index (χ3v) is 1.61. The molecular weight excluding hydrogens is 115 g/mol. The second-order valence-corrected chi connectivity index (χ2v) is 2.39. The third kappa shape index (κ3) is 1.63. The van der Waals surface area contributed by atoms with Gasteiger partial charge in [-0.2, -0.15) is 4.58 Å². The van der Waals surface area contributed by atoms with Crippen LogP contribution >= 0.6 is 0 Å². The lowest BCUT2D eigenvalue weighted by molar-refractivity contribution is -0.448. The fraction of sp³-hybridized carbons (Fsp3) is 0.714. The molecule has 1 aliphatic rings. The van der Waals surface area contributed by atoms with Crippen molar-refractivity contribution in [2.75, 3.05) is 6.54 Å². The Hall–Kier alpha value is -0.660. The molecule has 0 aromatic rings. The van der Waals surface area contributed by atoms with Gasteiger partial charge in [-0.3, -0.25) is 0 Å². The van der Waals surface area contributed by atoms with E-state index in [0.717, 1.165) is 19.4 Å². The minimum atomic E-state index is 0.176. The van der Waals surface area contributed by atoms with Gasteiger partial charge >= 0.3 is 5.91 Å². The summed E-state index contributed by atoms with van der Waals surface area (Å²) in [5, 5.41) is 0. The smallest absolute Gasteiger partial charge is 0.220 e. The van der Waals surface area contributed by atoms with E-state index in [1.807, 2.05) is 6.21 Å². The molecule has 0 bridgehead atoms. The van der Waals surface area contributed by atoms with Gasteiger partial charge in [0.15, 0.2) is 6.54 Å². The highest BCUT2D eigenvalue weighted by molar-refractivity contribution is 5.70. The van der Waals surface area contributed by atoms with Crippen molar-refractivity contribution in [3.8, 4) is 0 Å². The molecule has 1 rings (SSSR count). The van der Waals surface area contributed by atoms with Gasteiger partial charge in [0.1, 0.15) is 6.21 Å². The standard InChI is InChI=1S/C7H12NO/c1-7(9)8-5-3-2-4-6-8/h5H,2-4,6H2,1H3/q+1/i8+1. The van der Waals surface area contributed by atoms with Crippen molar-refractivity contribution in [1.29, 1.82) is 0 Å². The van der Waals surface area contributed by atoms with E-state index in [2.05, 4.69) is 0 Å². The maximum Gasteiger partial charge on any atom is 0.383 e. The van der Waals surface area contributed by atoms with Gasteiger partial charge in [0.05, 0.1) is 6.92 Å². The fourth-order valence-corrected chi connectivity index (χ4v) is 1.05. The Bertz CT molecular complexity index is 149. The van der Waals surface area contributed by atoms with Crippen molar-refractivity contribution in [3.63, 3.8) is 0 Å². The van der Waals surface area contributed by atoms with Crippen LogP contribution in [0.15, 0.2) is 0 Å². The molecule has 2 nitrogen and oxygen atoms in total. The minimum absolute atomic E-state index is 0.176. The zero-order chi connectivity index (χ0) is 6.69. The molecular formula is C7H12NO+. The van der Waals surface area contributed by atoms with Crippen molar-refractivity contribution < 1.29 is 9.37 Å². The summed E-state index contributed by atoms with van der Waals surface area (Å²) in [5.41, 5.74) is 0. The van der Waals surface area contributed by atoms with Crippen LogP contribution in [-0.2, 0) is 4.79 Å². The molecule has 0 aliphatic carbocycles. The number of carbonyl (C=O) groups excluding carboxylic acids is 1. The minimum Gasteiger partial charge on any atom is -0.220 e. The van der Waals surface area contributed by atoms with Crippen LogP contribution < -0.4 is 0 Å². The highest BCUT2D eigenvalue weighted by atomic mass is 16.2. The largest absolute Gasteiger partial charge is 0.383 e. The van der Waals surface area contributed by atoms with Crippen LogP contribution in [0, 0.1) is 0 Å². The lowest BCUT2D eigenvalue weighted by Crippen LogP contribution is -2.23. The lowest BCUT2D eigenvalue weighted by atomic mass is 10.2. The number of carbonyl (C=O) groups is 1. The van der Waals surface area contributed by atoms with Crippen LogP contribution in [-0.4, -0.2) is 23.2 Å². The lowest BCUT2D eigenvalue weighted by Gasteiger charge is -2.02. The van der Waals surface area contributed by atoms with E-state index in [1.165, 1.54) is 6.42 Å². The molecule has 0 saturated carbocycles. The average molecular weight is 127 g/mol. The second kappa shape index (κ2) is 2.76. The molecule has 9 heavy (non-hydrogen) atoms. The van der Waals surface area contributed by atoms with Gasteiger partial charge < -0.3 is 0 Å². The van der Waals surface area contributed by atoms with Crippen molar-refractivity contribution in [2.24, 2.45) is 0 Å². The molecule has 2 heteroatoms. The zero-order valence-electron chi connectivity index (χ0n) is 5.76. The van der Waals surface area contributed by atoms with Gasteiger partial charge in [0.2, 0.25) is 0 Å². The third-order valence-electron chi connectivity index (χ3n) is 1.61. The molecule has 0 spiro atoms. The Kier molecular flexibility index (Phi) is 1.98. The highest BCUT2D eigenvalue weighted by Crippen LogP contribution is 1.99. The quantitative estimate of drug-likeness (QED) is 0.348. The Morgan fingerprint density at radius 3 is 2.67 bits per heavy atom. The zero-order valence-corrected chi connectivity index (χ0v) is 5.76. The summed E-state index contributed by atoms with van der Waals surface area (Å²) >= 11 is 0. The number of hydrogen-bond acceptors (Lipinski definition) is 1. The maximum atomic E-state index is 10.7. The van der Waals surface area contributed by atoms with Gasteiger partial charge in [0, 0.05) is 12.8 Å². The summed E-state index contributed by atoms with van der Waals surface area (Å²) in [4.78, 5) is 10.7. The van der Waals surface area contributed by atoms with Crippen LogP contribution in [0.3, 0.4) is 0 Å². The first-order valence-corrected chi connectivity index (χ1v) is 3.41. The topological polar surface area (TPSA) is 20.1 Å². The van der Waals surface area contributed by atoms with Crippen LogP contribution in [0.1, 0.15) is 26.2 Å². The first kappa shape index (κ1) is 6.46. The Morgan fingerprint density at radius 1 is 1.56 bits per heavy atom. The van der Waals surface area contributed by atoms with Gasteiger partial charge in [-0.15, -0.1) is 0 Å². The normalized spacial score (nSPS) is 19.0. The van der Waals surface area contributed by atoms with Crippen LogP contribution in [0.5, 0.6) is 0 Å². The molecule has 0 unspecified atom stereocenters. The van der Waals surface area contributed by atoms with E-state index < -0.39 is 0 Å². The first-order valence-electron chi connectivity index (χ1n) is 3.41. The summed E-state index contributed by atoms with van der Waals surface area (Å²) < 4.78 is 1.80. The summed E-state index contributed by atoms with van der Waals surface area (Å²) in [6, 6.07) is 0. The van der Waals surface area contributed by atoms with Crippen molar-refractivity contribution in [3.05, 3.63) is 0 Å². The van der Waals surface area contributed by atoms with Gasteiger partial charge in [-0.25, -0.2) is 4.79 Å². The number of amides is 1. The van der Waals surface area contributed by atoms with E-state index >= 15 is 0 Å². The SMILES string of the molecule is CC(=O)[15N+]1=CCCCC1. The monoisotopic (exact) mass is 127 g/mol. The fourth-order valence-electron chi connectivity index (χ4n) is 1.05. The summed E-state index contributed by atoms with van der Waals surface area (Å²) in [5.74, 6) is 0.176. The molecule has 0 aromatic heterocycles. The molecule has 0 N–H and O–H groups in total. The molecule has 1 heterocycles. The highest BCUT2D eigenvalue weighted by Gasteiger charge is 2.13. The average Bonchev–Trinajstić information content (AvgIpc) is 1.90. The molecule has 1 aliphatic heterocycles. The molecule has 0 saturated heterocycles. The van der Waals surface area contributed by atoms with E-state index in [0.29, 0.717) is 0 Å². The molecule has 0 atom stereocenters. The predicted octanol–water partition coefficient (Wildman–Crippen LogP) is 0.800. The Balaban J connectivity index is 2.57. The van der Waals surface area contributed by atoms with Crippen molar-refractivity contribution in [2.45, 2.75) is 26.2 Å². The van der Waals surface area contributed by atoms with E-state index in [1.54, 1.807) is 11.5 Å². The Labute approximate surface area is 55.2 Å². The number of rotatable bonds is 0. The number of nitrogens with zero attached hydrogens (tertiary/aromatic N) is 1. The van der Waals surface area contributed by atoms with Crippen LogP contribution in [0.25, 0.3) is 0 Å². The molecule has 0 radical (unpaired) electrons. The van der Waals surface area contributed by atoms with Gasteiger partial charge in [-0.1, -0.05) is 0 Å². The first-order chi connectivity index (χ1) is 4.30. The van der Waals surface area contributed by atoms with Crippen molar-refractivity contribution >= 4 is 12.1 Å². The van der Waals surface area contributed by atoms with Crippen LogP contribution in [0.2, 0.25) is 0 Å². The Morgan fingerprint density at radius 2 is 2.33 bits per heavy atom. The van der Waals surface area contributed by atoms with E-state index in [-0.39, 0.29) is 5.91 Å². The number of hydrogen-bond donors (Lipinski definition) is 0. The van der Waals surface area contributed by atoms with E-state index in [4.69, 9.17) is 0 Å². The summed E-state index contributed by atoms with van der Waals surface area (Å²) in [7, 11) is 0. The summed E-state index contributed by atoms with van der Waals surface area (Å²) in [6.07, 6.45) is 5.46. The van der Waals surface area contributed by atoms with Crippen molar-refractivity contribution in [1.82, 2.24) is 0 Å². The maximum absolute atomic E-state index is 10.7. The summed E-state index contributed by atoms with van der Waals surface area (Å²) in [6.45, 7) is 2.54. The second-order valence-electron chi connectivity index (χ2n) is 2.39. The molecule has 50 valence electrons. The predicted molar refractivity (Wildman–Crippen MR) is 35.7 cm³/mol.